The molecule has 0 unspecified atom stereocenters. The highest BCUT2D eigenvalue weighted by atomic mass is 14.9. The van der Waals surface area contributed by atoms with E-state index in [0.29, 0.717) is 5.92 Å². The van der Waals surface area contributed by atoms with Gasteiger partial charge >= 0.3 is 0 Å². The Hall–Kier alpha value is -1.31. The molecule has 0 aliphatic carbocycles. The normalized spacial score (nSPS) is 10.3. The number of benzene rings is 1. The van der Waals surface area contributed by atoms with E-state index >= 15 is 0 Å². The fourth-order valence-electron chi connectivity index (χ4n) is 1.42. The highest BCUT2D eigenvalue weighted by molar-refractivity contribution is 5.75. The van der Waals surface area contributed by atoms with Crippen LogP contribution in [-0.2, 0) is 0 Å². The molecule has 0 saturated carbocycles. The minimum Gasteiger partial charge on any atom is -0.342 e. The summed E-state index contributed by atoms with van der Waals surface area (Å²) in [6.45, 7) is 10.4. The molecule has 0 amide bonds. The molecular weight excluding hydrogens is 184 g/mol. The summed E-state index contributed by atoms with van der Waals surface area (Å²) < 4.78 is 0. The lowest BCUT2D eigenvalue weighted by Gasteiger charge is -1.95. The predicted octanol–water partition coefficient (Wildman–Crippen LogP) is 4.27. The van der Waals surface area contributed by atoms with Gasteiger partial charge in [0.25, 0.3) is 0 Å². The van der Waals surface area contributed by atoms with Crippen LogP contribution in [0.5, 0.6) is 0 Å². The number of hydrogen-bond donors (Lipinski definition) is 1. The van der Waals surface area contributed by atoms with E-state index < -0.39 is 0 Å². The number of hydrogen-bond acceptors (Lipinski definition) is 1. The largest absolute Gasteiger partial charge is 0.342 e. The number of aryl methyl sites for hydroxylation is 1. The summed E-state index contributed by atoms with van der Waals surface area (Å²) in [6, 6.07) is 6.29. The number of nitrogens with one attached hydrogen (secondary N) is 1. The van der Waals surface area contributed by atoms with E-state index in [9.17, 15) is 0 Å². The first-order chi connectivity index (χ1) is 7.16. The van der Waals surface area contributed by atoms with E-state index in [4.69, 9.17) is 0 Å². The van der Waals surface area contributed by atoms with Gasteiger partial charge in [0.05, 0.1) is 11.0 Å². The van der Waals surface area contributed by atoms with Gasteiger partial charge in [-0.25, -0.2) is 4.98 Å². The third-order valence-corrected chi connectivity index (χ3v) is 2.20. The molecule has 2 heteroatoms. The summed E-state index contributed by atoms with van der Waals surface area (Å²) in [4.78, 5) is 7.82. The number of aromatic amines is 1. The second kappa shape index (κ2) is 4.96. The van der Waals surface area contributed by atoms with Gasteiger partial charge in [-0.05, 0) is 24.6 Å². The van der Waals surface area contributed by atoms with Crippen LogP contribution in [-0.4, -0.2) is 9.97 Å². The smallest absolute Gasteiger partial charge is 0.109 e. The summed E-state index contributed by atoms with van der Waals surface area (Å²) in [5, 5.41) is 0. The van der Waals surface area contributed by atoms with E-state index in [-0.39, 0.29) is 1.43 Å². The average Bonchev–Trinajstić information content (AvgIpc) is 2.63. The zero-order valence-corrected chi connectivity index (χ0v) is 10.3. The van der Waals surface area contributed by atoms with Crippen LogP contribution in [0.25, 0.3) is 11.0 Å². The van der Waals surface area contributed by atoms with E-state index in [1.165, 1.54) is 5.56 Å². The first-order valence-electron chi connectivity index (χ1n) is 5.63. The van der Waals surface area contributed by atoms with Crippen LogP contribution < -0.4 is 0 Å². The molecule has 15 heavy (non-hydrogen) atoms. The number of fused-ring (bicyclic) bond motifs is 1. The Bertz CT molecular complexity index is 432. The van der Waals surface area contributed by atoms with Crippen molar-refractivity contribution in [2.24, 2.45) is 0 Å². The molecule has 1 N–H and O–H groups in total. The molecule has 84 valence electrons. The maximum Gasteiger partial charge on any atom is 0.109 e. The predicted molar refractivity (Wildman–Crippen MR) is 68.4 cm³/mol. The molecule has 0 aliphatic rings. The summed E-state index contributed by atoms with van der Waals surface area (Å²) in [7, 11) is 0. The fourth-order valence-corrected chi connectivity index (χ4v) is 1.42. The highest BCUT2D eigenvalue weighted by Gasteiger charge is 2.05. The Labute approximate surface area is 93.2 Å². The summed E-state index contributed by atoms with van der Waals surface area (Å²) in [6.07, 6.45) is 0. The van der Waals surface area contributed by atoms with Gasteiger partial charge in [0.2, 0.25) is 0 Å². The zero-order valence-electron chi connectivity index (χ0n) is 10.3. The minimum absolute atomic E-state index is 0. The van der Waals surface area contributed by atoms with Crippen molar-refractivity contribution in [2.75, 3.05) is 0 Å². The number of rotatable bonds is 1. The van der Waals surface area contributed by atoms with Crippen molar-refractivity contribution in [1.29, 1.82) is 0 Å². The molecular formula is C13H22N2. The van der Waals surface area contributed by atoms with Gasteiger partial charge in [-0.2, -0.15) is 0 Å². The van der Waals surface area contributed by atoms with Crippen LogP contribution in [0.4, 0.5) is 0 Å². The van der Waals surface area contributed by atoms with Crippen molar-refractivity contribution in [3.8, 4) is 0 Å². The Morgan fingerprint density at radius 1 is 1.27 bits per heavy atom. The lowest BCUT2D eigenvalue weighted by molar-refractivity contribution is 0.799. The van der Waals surface area contributed by atoms with Crippen LogP contribution in [0.1, 0.15) is 46.4 Å². The summed E-state index contributed by atoms with van der Waals surface area (Å²) >= 11 is 0. The van der Waals surface area contributed by atoms with E-state index in [0.717, 1.165) is 16.9 Å². The van der Waals surface area contributed by atoms with Gasteiger partial charge in [-0.15, -0.1) is 0 Å². The van der Waals surface area contributed by atoms with Crippen LogP contribution in [0.15, 0.2) is 18.2 Å². The quantitative estimate of drug-likeness (QED) is 0.741. The lowest BCUT2D eigenvalue weighted by Crippen LogP contribution is -1.88. The molecule has 2 nitrogen and oxygen atoms in total. The number of H-pyrrole nitrogens is 1. The molecule has 1 aromatic carbocycles. The molecule has 0 spiro atoms. The summed E-state index contributed by atoms with van der Waals surface area (Å²) in [5.74, 6) is 1.54. The molecule has 0 aliphatic heterocycles. The number of nitrogens with zero attached hydrogens (tertiary/aromatic N) is 1. The second-order valence-corrected chi connectivity index (χ2v) is 3.80. The number of imidazole rings is 1. The minimum atomic E-state index is 0. The molecule has 0 radical (unpaired) electrons. The maximum atomic E-state index is 4.50. The van der Waals surface area contributed by atoms with Crippen molar-refractivity contribution in [3.63, 3.8) is 0 Å². The van der Waals surface area contributed by atoms with Crippen molar-refractivity contribution < 1.29 is 1.43 Å². The van der Waals surface area contributed by atoms with Gasteiger partial charge < -0.3 is 4.98 Å². The Balaban J connectivity index is 0.000000711. The topological polar surface area (TPSA) is 28.7 Å². The Morgan fingerprint density at radius 3 is 2.53 bits per heavy atom. The molecule has 0 fully saturated rings. The third-order valence-electron chi connectivity index (χ3n) is 2.20. The SMILES string of the molecule is CC.Cc1ccc2nc(C(C)C)[nH]c2c1.[HH]. The molecule has 1 aromatic heterocycles. The van der Waals surface area contributed by atoms with E-state index in [2.05, 4.69) is 48.9 Å². The van der Waals surface area contributed by atoms with Gasteiger partial charge in [0.1, 0.15) is 5.82 Å². The fraction of sp³-hybridized carbons (Fsp3) is 0.462. The zero-order chi connectivity index (χ0) is 11.4. The first kappa shape index (κ1) is 11.8. The highest BCUT2D eigenvalue weighted by Crippen LogP contribution is 2.17. The van der Waals surface area contributed by atoms with Crippen LogP contribution in [0, 0.1) is 6.92 Å². The Kier molecular flexibility index (Phi) is 3.89. The standard InChI is InChI=1S/C11H14N2.C2H6.H2/c1-7(2)11-12-9-5-4-8(3)6-10(9)13-11;1-2;/h4-7H,1-3H3,(H,12,13);1-2H3;1H. The van der Waals surface area contributed by atoms with Gasteiger partial charge in [0.15, 0.2) is 0 Å². The van der Waals surface area contributed by atoms with Crippen LogP contribution >= 0.6 is 0 Å². The van der Waals surface area contributed by atoms with Gasteiger partial charge in [-0.1, -0.05) is 33.8 Å². The van der Waals surface area contributed by atoms with Crippen molar-refractivity contribution in [1.82, 2.24) is 9.97 Å². The molecule has 0 bridgehead atoms. The van der Waals surface area contributed by atoms with E-state index in [1.807, 2.05) is 13.8 Å². The maximum absolute atomic E-state index is 4.50. The third kappa shape index (κ3) is 2.58. The van der Waals surface area contributed by atoms with Gasteiger partial charge in [-0.3, -0.25) is 0 Å². The van der Waals surface area contributed by atoms with E-state index in [1.54, 1.807) is 0 Å². The number of aromatic nitrogens is 2. The molecule has 2 aromatic rings. The molecule has 0 atom stereocenters. The van der Waals surface area contributed by atoms with Crippen LogP contribution in [0.3, 0.4) is 0 Å². The molecule has 2 rings (SSSR count). The van der Waals surface area contributed by atoms with Crippen molar-refractivity contribution in [2.45, 2.75) is 40.5 Å². The van der Waals surface area contributed by atoms with Crippen molar-refractivity contribution in [3.05, 3.63) is 29.6 Å². The molecule has 0 saturated heterocycles. The molecule has 1 heterocycles. The van der Waals surface area contributed by atoms with Crippen molar-refractivity contribution >= 4 is 11.0 Å². The Morgan fingerprint density at radius 2 is 1.93 bits per heavy atom. The second-order valence-electron chi connectivity index (χ2n) is 3.80. The first-order valence-corrected chi connectivity index (χ1v) is 5.63. The van der Waals surface area contributed by atoms with Gasteiger partial charge in [0, 0.05) is 7.34 Å². The summed E-state index contributed by atoms with van der Waals surface area (Å²) in [5.41, 5.74) is 3.48. The monoisotopic (exact) mass is 206 g/mol. The lowest BCUT2D eigenvalue weighted by atomic mass is 10.2. The average molecular weight is 206 g/mol. The van der Waals surface area contributed by atoms with Crippen LogP contribution in [0.2, 0.25) is 0 Å².